The van der Waals surface area contributed by atoms with E-state index in [1.54, 1.807) is 0 Å². The molecule has 0 radical (unpaired) electrons. The van der Waals surface area contributed by atoms with E-state index < -0.39 is 0 Å². The Morgan fingerprint density at radius 1 is 1.21 bits per heavy atom. The molecule has 0 amide bonds. The topological polar surface area (TPSA) is 56.9 Å². The van der Waals surface area contributed by atoms with Crippen molar-refractivity contribution in [3.63, 3.8) is 0 Å². The van der Waals surface area contributed by atoms with Gasteiger partial charge in [-0.1, -0.05) is 41.9 Å². The monoisotopic (exact) mass is 397 g/mol. The first-order chi connectivity index (χ1) is 14.0. The Morgan fingerprint density at radius 2 is 1.97 bits per heavy atom. The van der Waals surface area contributed by atoms with Gasteiger partial charge < -0.3 is 14.7 Å². The van der Waals surface area contributed by atoms with E-state index in [1.807, 2.05) is 13.8 Å². The molecule has 158 valence electrons. The van der Waals surface area contributed by atoms with Crippen molar-refractivity contribution in [2.75, 3.05) is 39.3 Å². The summed E-state index contributed by atoms with van der Waals surface area (Å²) in [4.78, 5) is 9.85. The third-order valence-electron chi connectivity index (χ3n) is 5.59. The predicted molar refractivity (Wildman–Crippen MR) is 118 cm³/mol. The van der Waals surface area contributed by atoms with Crippen LogP contribution in [-0.2, 0) is 6.54 Å². The predicted octanol–water partition coefficient (Wildman–Crippen LogP) is 3.49. The highest BCUT2D eigenvalue weighted by Crippen LogP contribution is 2.23. The van der Waals surface area contributed by atoms with E-state index in [9.17, 15) is 0 Å². The summed E-state index contributed by atoms with van der Waals surface area (Å²) in [5.74, 6) is 2.21. The van der Waals surface area contributed by atoms with Gasteiger partial charge in [-0.2, -0.15) is 0 Å². The van der Waals surface area contributed by atoms with E-state index in [2.05, 4.69) is 65.3 Å². The van der Waals surface area contributed by atoms with E-state index in [0.29, 0.717) is 0 Å². The quantitative estimate of drug-likeness (QED) is 0.597. The third kappa shape index (κ3) is 5.60. The Bertz CT molecular complexity index is 801. The molecule has 1 aliphatic heterocycles. The summed E-state index contributed by atoms with van der Waals surface area (Å²) in [6.07, 6.45) is 0. The molecule has 2 heterocycles. The third-order valence-corrected chi connectivity index (χ3v) is 5.59. The lowest BCUT2D eigenvalue weighted by Gasteiger charge is -2.36. The summed E-state index contributed by atoms with van der Waals surface area (Å²) < 4.78 is 5.32. The molecule has 6 heteroatoms. The Hall–Kier alpha value is -2.34. The number of hydrogen-bond donors (Lipinski definition) is 1. The van der Waals surface area contributed by atoms with E-state index in [0.717, 1.165) is 63.2 Å². The molecule has 6 nitrogen and oxygen atoms in total. The van der Waals surface area contributed by atoms with Gasteiger partial charge in [-0.15, -0.1) is 0 Å². The number of guanidine groups is 1. The molecule has 1 aromatic carbocycles. The average Bonchev–Trinajstić information content (AvgIpc) is 3.04. The molecule has 3 rings (SSSR count). The van der Waals surface area contributed by atoms with Crippen LogP contribution in [0.25, 0.3) is 0 Å². The Labute approximate surface area is 175 Å². The molecule has 0 aliphatic carbocycles. The summed E-state index contributed by atoms with van der Waals surface area (Å²) in [5.41, 5.74) is 4.88. The maximum absolute atomic E-state index is 5.32. The molecule has 1 N–H and O–H groups in total. The Balaban J connectivity index is 1.58. The first-order valence-corrected chi connectivity index (χ1v) is 10.7. The molecule has 29 heavy (non-hydrogen) atoms. The summed E-state index contributed by atoms with van der Waals surface area (Å²) in [5, 5.41) is 7.56. The van der Waals surface area contributed by atoms with Crippen LogP contribution < -0.4 is 5.32 Å². The molecule has 1 aromatic heterocycles. The maximum Gasteiger partial charge on any atom is 0.194 e. The number of nitrogens with one attached hydrogen (secondary N) is 1. The molecule has 1 atom stereocenters. The van der Waals surface area contributed by atoms with Gasteiger partial charge in [0.15, 0.2) is 5.96 Å². The van der Waals surface area contributed by atoms with Crippen LogP contribution in [0.5, 0.6) is 0 Å². The van der Waals surface area contributed by atoms with Crippen molar-refractivity contribution in [1.82, 2.24) is 20.3 Å². The second kappa shape index (κ2) is 9.92. The molecule has 0 bridgehead atoms. The van der Waals surface area contributed by atoms with E-state index >= 15 is 0 Å². The SMILES string of the molecule is CCNC(=NCC(C)c1c(C)noc1C)N1CCN(Cc2cccc(C)c2)CC1. The van der Waals surface area contributed by atoms with Crippen LogP contribution >= 0.6 is 0 Å². The number of aryl methyl sites for hydroxylation is 3. The molecular weight excluding hydrogens is 362 g/mol. The first-order valence-electron chi connectivity index (χ1n) is 10.7. The normalized spacial score (nSPS) is 16.9. The lowest BCUT2D eigenvalue weighted by Crippen LogP contribution is -2.52. The van der Waals surface area contributed by atoms with Gasteiger partial charge in [0.05, 0.1) is 5.69 Å². The first kappa shape index (κ1) is 21.4. The fourth-order valence-electron chi connectivity index (χ4n) is 4.12. The molecule has 1 saturated heterocycles. The van der Waals surface area contributed by atoms with Gasteiger partial charge in [0.1, 0.15) is 5.76 Å². The minimum absolute atomic E-state index is 0.289. The van der Waals surface area contributed by atoms with Crippen LogP contribution in [0.1, 0.15) is 47.9 Å². The fraction of sp³-hybridized carbons (Fsp3) is 0.565. The molecule has 1 aliphatic rings. The van der Waals surface area contributed by atoms with Gasteiger partial charge >= 0.3 is 0 Å². The standard InChI is InChI=1S/C23H35N5O/c1-6-24-23(25-15-18(3)22-19(4)26-29-20(22)5)28-12-10-27(11-13-28)16-21-9-7-8-17(2)14-21/h7-9,14,18H,6,10-13,15-16H2,1-5H3,(H,24,25). The molecule has 0 spiro atoms. The number of rotatable bonds is 6. The Morgan fingerprint density at radius 3 is 2.59 bits per heavy atom. The fourth-order valence-corrected chi connectivity index (χ4v) is 4.12. The second-order valence-electron chi connectivity index (χ2n) is 8.09. The highest BCUT2D eigenvalue weighted by atomic mass is 16.5. The lowest BCUT2D eigenvalue weighted by molar-refractivity contribution is 0.172. The number of piperazine rings is 1. The number of nitrogens with zero attached hydrogens (tertiary/aromatic N) is 4. The molecular formula is C23H35N5O. The maximum atomic E-state index is 5.32. The van der Waals surface area contributed by atoms with Gasteiger partial charge in [0.2, 0.25) is 0 Å². The zero-order valence-electron chi connectivity index (χ0n) is 18.5. The van der Waals surface area contributed by atoms with Crippen LogP contribution in [0.15, 0.2) is 33.8 Å². The van der Waals surface area contributed by atoms with Gasteiger partial charge in [-0.25, -0.2) is 0 Å². The van der Waals surface area contributed by atoms with Crippen LogP contribution in [0.2, 0.25) is 0 Å². The zero-order chi connectivity index (χ0) is 20.8. The van der Waals surface area contributed by atoms with Gasteiger partial charge in [-0.05, 0) is 33.3 Å². The number of hydrogen-bond acceptors (Lipinski definition) is 4. The van der Waals surface area contributed by atoms with Crippen molar-refractivity contribution in [2.24, 2.45) is 4.99 Å². The summed E-state index contributed by atoms with van der Waals surface area (Å²) >= 11 is 0. The van der Waals surface area contributed by atoms with Crippen LogP contribution in [-0.4, -0.2) is 60.2 Å². The van der Waals surface area contributed by atoms with E-state index in [4.69, 9.17) is 9.52 Å². The lowest BCUT2D eigenvalue weighted by atomic mass is 10.00. The highest BCUT2D eigenvalue weighted by molar-refractivity contribution is 5.80. The Kier molecular flexibility index (Phi) is 7.31. The summed E-state index contributed by atoms with van der Waals surface area (Å²) in [6, 6.07) is 8.82. The largest absolute Gasteiger partial charge is 0.361 e. The average molecular weight is 398 g/mol. The van der Waals surface area contributed by atoms with Crippen LogP contribution in [0.3, 0.4) is 0 Å². The summed E-state index contributed by atoms with van der Waals surface area (Å²) in [7, 11) is 0. The van der Waals surface area contributed by atoms with E-state index in [-0.39, 0.29) is 5.92 Å². The zero-order valence-corrected chi connectivity index (χ0v) is 18.5. The highest BCUT2D eigenvalue weighted by Gasteiger charge is 2.21. The minimum atomic E-state index is 0.289. The van der Waals surface area contributed by atoms with Gasteiger partial charge in [0, 0.05) is 57.3 Å². The van der Waals surface area contributed by atoms with Crippen LogP contribution in [0, 0.1) is 20.8 Å². The van der Waals surface area contributed by atoms with Gasteiger partial charge in [0.25, 0.3) is 0 Å². The molecule has 1 unspecified atom stereocenters. The van der Waals surface area contributed by atoms with Crippen molar-refractivity contribution >= 4 is 5.96 Å². The van der Waals surface area contributed by atoms with Crippen molar-refractivity contribution in [3.8, 4) is 0 Å². The summed E-state index contributed by atoms with van der Waals surface area (Å²) in [6.45, 7) is 17.2. The second-order valence-corrected chi connectivity index (χ2v) is 8.09. The molecule has 0 saturated carbocycles. The van der Waals surface area contributed by atoms with Gasteiger partial charge in [-0.3, -0.25) is 9.89 Å². The minimum Gasteiger partial charge on any atom is -0.361 e. The smallest absolute Gasteiger partial charge is 0.194 e. The van der Waals surface area contributed by atoms with E-state index in [1.165, 1.54) is 16.7 Å². The molecule has 2 aromatic rings. The number of aromatic nitrogens is 1. The molecule has 1 fully saturated rings. The van der Waals surface area contributed by atoms with Crippen LogP contribution in [0.4, 0.5) is 0 Å². The van der Waals surface area contributed by atoms with Crippen molar-refractivity contribution in [3.05, 3.63) is 52.4 Å². The van der Waals surface area contributed by atoms with Crippen molar-refractivity contribution in [1.29, 1.82) is 0 Å². The number of aliphatic imine (C=N–C) groups is 1. The van der Waals surface area contributed by atoms with Crippen molar-refractivity contribution in [2.45, 2.75) is 47.1 Å². The number of benzene rings is 1. The van der Waals surface area contributed by atoms with Crippen molar-refractivity contribution < 1.29 is 4.52 Å².